The maximum atomic E-state index is 12.5. The van der Waals surface area contributed by atoms with Crippen LogP contribution in [0.3, 0.4) is 0 Å². The number of methoxy groups -OCH3 is 1. The van der Waals surface area contributed by atoms with Crippen molar-refractivity contribution < 1.29 is 9.53 Å². The Kier molecular flexibility index (Phi) is 6.31. The first kappa shape index (κ1) is 18.1. The van der Waals surface area contributed by atoms with Crippen LogP contribution in [0.25, 0.3) is 0 Å². The maximum absolute atomic E-state index is 12.5. The van der Waals surface area contributed by atoms with E-state index >= 15 is 0 Å². The van der Waals surface area contributed by atoms with Crippen LogP contribution in [-0.2, 0) is 4.74 Å². The van der Waals surface area contributed by atoms with Crippen LogP contribution in [0, 0.1) is 12.8 Å². The van der Waals surface area contributed by atoms with E-state index in [0.717, 1.165) is 17.1 Å². The molecule has 0 saturated heterocycles. The van der Waals surface area contributed by atoms with Crippen LogP contribution in [0.2, 0.25) is 0 Å². The molecule has 2 atom stereocenters. The molecule has 0 unspecified atom stereocenters. The number of ether oxygens (including phenoxy) is 1. The molecular weight excluding hydrogens is 286 g/mol. The van der Waals surface area contributed by atoms with Crippen molar-refractivity contribution in [3.8, 4) is 0 Å². The first-order chi connectivity index (χ1) is 9.72. The highest BCUT2D eigenvalue weighted by Crippen LogP contribution is 2.26. The quantitative estimate of drug-likeness (QED) is 0.811. The number of hydrogen-bond acceptors (Lipinski definition) is 5. The Hall–Kier alpha value is -0.980. The Morgan fingerprint density at radius 2 is 2.10 bits per heavy atom. The molecule has 1 heterocycles. The number of carbonyl (C=O) groups excluding carboxylic acids is 1. The smallest absolute Gasteiger partial charge is 0.263 e. The van der Waals surface area contributed by atoms with Gasteiger partial charge in [0.05, 0.1) is 11.2 Å². The lowest BCUT2D eigenvalue weighted by molar-refractivity contribution is 0.0901. The summed E-state index contributed by atoms with van der Waals surface area (Å²) < 4.78 is 5.26. The molecule has 1 rings (SSSR count). The van der Waals surface area contributed by atoms with Gasteiger partial charge in [-0.25, -0.2) is 4.98 Å². The van der Waals surface area contributed by atoms with Crippen LogP contribution in [-0.4, -0.2) is 30.1 Å². The summed E-state index contributed by atoms with van der Waals surface area (Å²) in [6, 6.07) is 0. The third kappa shape index (κ3) is 4.76. The highest BCUT2D eigenvalue weighted by atomic mass is 32.1. The standard InChI is InChI=1S/C15H27N3O2S/c1-9(2)7-15(5,8-16)18-13(19)12-10(3)17-14(21-12)11(4)20-6/h9,11H,7-8,16H2,1-6H3,(H,18,19)/t11-,15-/m1/s1. The van der Waals surface area contributed by atoms with Crippen LogP contribution in [0.1, 0.15) is 60.6 Å². The Bertz CT molecular complexity index is 487. The number of nitrogens with zero attached hydrogens (tertiary/aromatic N) is 1. The van der Waals surface area contributed by atoms with Gasteiger partial charge in [-0.2, -0.15) is 0 Å². The maximum Gasteiger partial charge on any atom is 0.263 e. The molecule has 0 fully saturated rings. The number of amides is 1. The van der Waals surface area contributed by atoms with Crippen molar-refractivity contribution in [2.75, 3.05) is 13.7 Å². The van der Waals surface area contributed by atoms with Crippen LogP contribution in [0.4, 0.5) is 0 Å². The minimum absolute atomic E-state index is 0.104. The summed E-state index contributed by atoms with van der Waals surface area (Å²) >= 11 is 1.38. The Morgan fingerprint density at radius 1 is 1.48 bits per heavy atom. The third-order valence-electron chi connectivity index (χ3n) is 3.45. The monoisotopic (exact) mass is 313 g/mol. The fourth-order valence-corrected chi connectivity index (χ4v) is 3.31. The van der Waals surface area contributed by atoms with Gasteiger partial charge in [0.1, 0.15) is 16.0 Å². The van der Waals surface area contributed by atoms with Gasteiger partial charge < -0.3 is 15.8 Å². The second-order valence-electron chi connectivity index (χ2n) is 6.16. The Balaban J connectivity index is 2.91. The number of aryl methyl sites for hydroxylation is 1. The van der Waals surface area contributed by atoms with Gasteiger partial charge >= 0.3 is 0 Å². The second kappa shape index (κ2) is 7.33. The molecule has 1 amide bonds. The van der Waals surface area contributed by atoms with E-state index in [1.165, 1.54) is 11.3 Å². The van der Waals surface area contributed by atoms with Crippen LogP contribution in [0.5, 0.6) is 0 Å². The molecule has 0 spiro atoms. The molecule has 0 aliphatic carbocycles. The van der Waals surface area contributed by atoms with Gasteiger partial charge in [-0.15, -0.1) is 11.3 Å². The minimum atomic E-state index is -0.394. The van der Waals surface area contributed by atoms with Crippen molar-refractivity contribution in [2.24, 2.45) is 11.7 Å². The Labute approximate surface area is 131 Å². The lowest BCUT2D eigenvalue weighted by Crippen LogP contribution is -2.52. The van der Waals surface area contributed by atoms with Gasteiger partial charge in [0.2, 0.25) is 0 Å². The fraction of sp³-hybridized carbons (Fsp3) is 0.733. The molecule has 0 aliphatic rings. The molecule has 6 heteroatoms. The normalized spacial score (nSPS) is 15.8. The number of hydrogen-bond donors (Lipinski definition) is 2. The summed E-state index contributed by atoms with van der Waals surface area (Å²) in [6.07, 6.45) is 0.737. The zero-order valence-electron chi connectivity index (χ0n) is 13.8. The van der Waals surface area contributed by atoms with E-state index in [1.807, 2.05) is 20.8 Å². The molecule has 0 saturated carbocycles. The summed E-state index contributed by atoms with van der Waals surface area (Å²) in [7, 11) is 1.63. The van der Waals surface area contributed by atoms with Gasteiger partial charge in [0.25, 0.3) is 5.91 Å². The Morgan fingerprint density at radius 3 is 2.57 bits per heavy atom. The molecule has 1 aromatic rings. The number of nitrogens with one attached hydrogen (secondary N) is 1. The number of aromatic nitrogens is 1. The van der Waals surface area contributed by atoms with Crippen molar-refractivity contribution >= 4 is 17.2 Å². The summed E-state index contributed by atoms with van der Waals surface area (Å²) in [5, 5.41) is 3.89. The third-order valence-corrected chi connectivity index (χ3v) is 4.76. The van der Waals surface area contributed by atoms with Crippen molar-refractivity contribution in [3.05, 3.63) is 15.6 Å². The molecule has 3 N–H and O–H groups in total. The molecule has 0 radical (unpaired) electrons. The van der Waals surface area contributed by atoms with E-state index in [9.17, 15) is 4.79 Å². The highest BCUT2D eigenvalue weighted by molar-refractivity contribution is 7.13. The lowest BCUT2D eigenvalue weighted by atomic mass is 9.90. The number of carbonyl (C=O) groups is 1. The van der Waals surface area contributed by atoms with E-state index in [0.29, 0.717) is 17.3 Å². The van der Waals surface area contributed by atoms with Crippen molar-refractivity contribution in [3.63, 3.8) is 0 Å². The predicted octanol–water partition coefficient (Wildman–Crippen LogP) is 2.65. The molecule has 0 aromatic carbocycles. The van der Waals surface area contributed by atoms with Gasteiger partial charge in [-0.3, -0.25) is 4.79 Å². The van der Waals surface area contributed by atoms with Crippen LogP contribution >= 0.6 is 11.3 Å². The van der Waals surface area contributed by atoms with Crippen molar-refractivity contribution in [1.82, 2.24) is 10.3 Å². The molecule has 5 nitrogen and oxygen atoms in total. The molecular formula is C15H27N3O2S. The zero-order chi connectivity index (χ0) is 16.2. The number of thiazole rings is 1. The summed E-state index contributed by atoms with van der Waals surface area (Å²) in [4.78, 5) is 17.6. The van der Waals surface area contributed by atoms with Crippen molar-refractivity contribution in [1.29, 1.82) is 0 Å². The molecule has 21 heavy (non-hydrogen) atoms. The van der Waals surface area contributed by atoms with Gasteiger partial charge in [0.15, 0.2) is 0 Å². The van der Waals surface area contributed by atoms with E-state index in [4.69, 9.17) is 10.5 Å². The molecule has 1 aromatic heterocycles. The fourth-order valence-electron chi connectivity index (χ4n) is 2.32. The zero-order valence-corrected chi connectivity index (χ0v) is 14.6. The molecule has 120 valence electrons. The number of nitrogens with two attached hydrogens (primary N) is 1. The van der Waals surface area contributed by atoms with Crippen molar-refractivity contribution in [2.45, 2.75) is 52.7 Å². The summed E-state index contributed by atoms with van der Waals surface area (Å²) in [5.41, 5.74) is 6.19. The van der Waals surface area contributed by atoms with E-state index in [-0.39, 0.29) is 12.0 Å². The molecule has 0 bridgehead atoms. The van der Waals surface area contributed by atoms with E-state index in [2.05, 4.69) is 24.1 Å². The molecule has 0 aliphatic heterocycles. The predicted molar refractivity (Wildman–Crippen MR) is 86.7 cm³/mol. The minimum Gasteiger partial charge on any atom is -0.375 e. The van der Waals surface area contributed by atoms with Crippen LogP contribution in [0.15, 0.2) is 0 Å². The topological polar surface area (TPSA) is 77.2 Å². The van der Waals surface area contributed by atoms with Gasteiger partial charge in [-0.05, 0) is 33.1 Å². The van der Waals surface area contributed by atoms with Crippen LogP contribution < -0.4 is 11.1 Å². The highest BCUT2D eigenvalue weighted by Gasteiger charge is 2.28. The second-order valence-corrected chi connectivity index (χ2v) is 7.19. The average molecular weight is 313 g/mol. The first-order valence-electron chi connectivity index (χ1n) is 7.25. The summed E-state index contributed by atoms with van der Waals surface area (Å²) in [6.45, 7) is 10.4. The largest absolute Gasteiger partial charge is 0.375 e. The summed E-state index contributed by atoms with van der Waals surface area (Å²) in [5.74, 6) is 0.360. The van der Waals surface area contributed by atoms with E-state index in [1.54, 1.807) is 7.11 Å². The first-order valence-corrected chi connectivity index (χ1v) is 8.06. The average Bonchev–Trinajstić information content (AvgIpc) is 2.79. The van der Waals surface area contributed by atoms with Gasteiger partial charge in [0, 0.05) is 13.7 Å². The number of rotatable bonds is 7. The van der Waals surface area contributed by atoms with E-state index < -0.39 is 5.54 Å². The lowest BCUT2D eigenvalue weighted by Gasteiger charge is -2.31. The van der Waals surface area contributed by atoms with Gasteiger partial charge in [-0.1, -0.05) is 13.8 Å². The SMILES string of the molecule is CO[C@H](C)c1nc(C)c(C(=O)N[C@@](C)(CN)CC(C)C)s1.